The van der Waals surface area contributed by atoms with Crippen LogP contribution in [-0.4, -0.2) is 140 Å². The van der Waals surface area contributed by atoms with Gasteiger partial charge in [0, 0.05) is 6.42 Å². The van der Waals surface area contributed by atoms with Crippen LogP contribution in [0.3, 0.4) is 0 Å². The number of carbonyl (C=O) groups excluding carboxylic acids is 1. The van der Waals surface area contributed by atoms with Crippen LogP contribution in [0, 0.1) is 0 Å². The molecule has 0 saturated carbocycles. The SMILES string of the molecule is CCCC/C=C\CCCCCCCC(=O)NC(COC1OC(CO)C(OC2OC(CO)C(O)C(O)C2O)C(O)C1O)C(O)/C=C/CC/C=C/CC/C=C/CCCCCC. The van der Waals surface area contributed by atoms with Crippen molar-refractivity contribution in [3.63, 3.8) is 0 Å². The van der Waals surface area contributed by atoms with Gasteiger partial charge in [-0.05, 0) is 64.2 Å². The van der Waals surface area contributed by atoms with Crippen LogP contribution >= 0.6 is 0 Å². The number of aliphatic hydroxyl groups excluding tert-OH is 8. The van der Waals surface area contributed by atoms with E-state index in [9.17, 15) is 45.6 Å². The number of rotatable bonds is 32. The third-order valence-corrected chi connectivity index (χ3v) is 10.7. The van der Waals surface area contributed by atoms with E-state index in [2.05, 4.69) is 55.6 Å². The van der Waals surface area contributed by atoms with E-state index in [-0.39, 0.29) is 18.9 Å². The van der Waals surface area contributed by atoms with Gasteiger partial charge < -0.3 is 65.1 Å². The topological polar surface area (TPSA) is 228 Å². The molecule has 2 aliphatic rings. The van der Waals surface area contributed by atoms with Gasteiger partial charge in [0.2, 0.25) is 5.91 Å². The predicted molar refractivity (Wildman–Crippen MR) is 226 cm³/mol. The second kappa shape index (κ2) is 32.6. The van der Waals surface area contributed by atoms with Gasteiger partial charge in [-0.1, -0.05) is 114 Å². The predicted octanol–water partition coefficient (Wildman–Crippen LogP) is 4.15. The molecule has 59 heavy (non-hydrogen) atoms. The molecule has 2 rings (SSSR count). The molecule has 2 saturated heterocycles. The van der Waals surface area contributed by atoms with Gasteiger partial charge in [-0.3, -0.25) is 4.79 Å². The van der Waals surface area contributed by atoms with E-state index < -0.39 is 86.8 Å². The number of nitrogens with one attached hydrogen (secondary N) is 1. The Morgan fingerprint density at radius 1 is 0.593 bits per heavy atom. The molecule has 0 radical (unpaired) electrons. The van der Waals surface area contributed by atoms with Crippen molar-refractivity contribution in [2.24, 2.45) is 0 Å². The number of hydrogen-bond acceptors (Lipinski definition) is 13. The first-order valence-corrected chi connectivity index (χ1v) is 22.4. The van der Waals surface area contributed by atoms with Crippen LogP contribution in [0.15, 0.2) is 48.6 Å². The Hall–Kier alpha value is -2.05. The van der Waals surface area contributed by atoms with Gasteiger partial charge in [-0.15, -0.1) is 0 Å². The lowest BCUT2D eigenvalue weighted by atomic mass is 9.97. The molecule has 0 aromatic heterocycles. The smallest absolute Gasteiger partial charge is 0.220 e. The highest BCUT2D eigenvalue weighted by Crippen LogP contribution is 2.30. The first kappa shape index (κ1) is 53.1. The average Bonchev–Trinajstić information content (AvgIpc) is 3.23. The van der Waals surface area contributed by atoms with Crippen LogP contribution in [-0.2, 0) is 23.7 Å². The van der Waals surface area contributed by atoms with Gasteiger partial charge in [0.05, 0.1) is 32.0 Å². The molecule has 12 unspecified atom stereocenters. The minimum atomic E-state index is -1.79. The van der Waals surface area contributed by atoms with E-state index in [1.807, 2.05) is 6.08 Å². The fraction of sp³-hybridized carbons (Fsp3) is 0.800. The zero-order chi connectivity index (χ0) is 43.3. The summed E-state index contributed by atoms with van der Waals surface area (Å²) >= 11 is 0. The number of amides is 1. The Morgan fingerprint density at radius 3 is 1.71 bits per heavy atom. The van der Waals surface area contributed by atoms with Crippen molar-refractivity contribution in [3.05, 3.63) is 48.6 Å². The van der Waals surface area contributed by atoms with E-state index in [1.165, 1.54) is 38.5 Å². The summed E-state index contributed by atoms with van der Waals surface area (Å²) < 4.78 is 22.6. The van der Waals surface area contributed by atoms with Crippen molar-refractivity contribution >= 4 is 5.91 Å². The standard InChI is InChI=1S/C45H79NO13/c1-3-5-7-9-11-13-15-16-17-19-20-22-24-26-28-34(49)33(46-37(50)29-27-25-23-21-18-14-12-10-8-6-4-2)32-56-44-42(55)40(53)43(36(31-48)58-44)59-45-41(54)39(52)38(51)35(30-47)57-45/h10,12-13,15,19-20,26,28,33-36,38-45,47-49,51-55H,3-9,11,14,16-18,21-25,27,29-32H2,1-2H3,(H,46,50)/b12-10-,15-13+,20-19+,28-26+. The molecule has 2 fully saturated rings. The summed E-state index contributed by atoms with van der Waals surface area (Å²) in [5, 5.41) is 86.3. The maximum absolute atomic E-state index is 13.1. The minimum absolute atomic E-state index is 0.257. The van der Waals surface area contributed by atoms with Gasteiger partial charge in [-0.2, -0.15) is 0 Å². The number of aliphatic hydroxyl groups is 8. The van der Waals surface area contributed by atoms with Crippen LogP contribution in [0.1, 0.15) is 136 Å². The molecule has 0 aromatic carbocycles. The first-order chi connectivity index (χ1) is 28.6. The maximum Gasteiger partial charge on any atom is 0.220 e. The van der Waals surface area contributed by atoms with Gasteiger partial charge in [-0.25, -0.2) is 0 Å². The summed E-state index contributed by atoms with van der Waals surface area (Å²) in [6, 6.07) is -0.939. The Bertz CT molecular complexity index is 1180. The van der Waals surface area contributed by atoms with Crippen molar-refractivity contribution in [2.45, 2.75) is 209 Å². The minimum Gasteiger partial charge on any atom is -0.394 e. The van der Waals surface area contributed by atoms with Crippen molar-refractivity contribution in [2.75, 3.05) is 19.8 Å². The maximum atomic E-state index is 13.1. The Labute approximate surface area is 353 Å². The molecule has 0 aliphatic carbocycles. The molecule has 2 aliphatic heterocycles. The normalized spacial score (nSPS) is 29.0. The zero-order valence-corrected chi connectivity index (χ0v) is 35.7. The lowest BCUT2D eigenvalue weighted by Gasteiger charge is -2.46. The molecule has 14 heteroatoms. The summed E-state index contributed by atoms with van der Waals surface area (Å²) in [7, 11) is 0. The monoisotopic (exact) mass is 842 g/mol. The van der Waals surface area contributed by atoms with Crippen LogP contribution < -0.4 is 5.32 Å². The number of hydrogen-bond donors (Lipinski definition) is 9. The molecule has 9 N–H and O–H groups in total. The van der Waals surface area contributed by atoms with Gasteiger partial charge >= 0.3 is 0 Å². The number of carbonyl (C=O) groups is 1. The van der Waals surface area contributed by atoms with E-state index >= 15 is 0 Å². The fourth-order valence-corrected chi connectivity index (χ4v) is 6.95. The third kappa shape index (κ3) is 21.1. The molecular formula is C45H79NO13. The van der Waals surface area contributed by atoms with Gasteiger partial charge in [0.25, 0.3) is 0 Å². The van der Waals surface area contributed by atoms with Crippen LogP contribution in [0.4, 0.5) is 0 Å². The number of allylic oxidation sites excluding steroid dienone is 7. The zero-order valence-electron chi connectivity index (χ0n) is 35.7. The molecular weight excluding hydrogens is 762 g/mol. The van der Waals surface area contributed by atoms with Crippen molar-refractivity contribution in [1.82, 2.24) is 5.32 Å². The van der Waals surface area contributed by atoms with Crippen molar-refractivity contribution < 1.29 is 64.6 Å². The lowest BCUT2D eigenvalue weighted by Crippen LogP contribution is -2.65. The highest BCUT2D eigenvalue weighted by Gasteiger charge is 2.50. The summed E-state index contributed by atoms with van der Waals surface area (Å²) in [6.45, 7) is 2.65. The second-order valence-corrected chi connectivity index (χ2v) is 15.8. The highest BCUT2D eigenvalue weighted by molar-refractivity contribution is 5.76. The third-order valence-electron chi connectivity index (χ3n) is 10.7. The van der Waals surface area contributed by atoms with Crippen molar-refractivity contribution in [3.8, 4) is 0 Å². The Kier molecular flexibility index (Phi) is 29.4. The van der Waals surface area contributed by atoms with Crippen LogP contribution in [0.2, 0.25) is 0 Å². The molecule has 0 bridgehead atoms. The largest absolute Gasteiger partial charge is 0.394 e. The fourth-order valence-electron chi connectivity index (χ4n) is 6.95. The molecule has 14 nitrogen and oxygen atoms in total. The molecule has 2 heterocycles. The second-order valence-electron chi connectivity index (χ2n) is 15.8. The van der Waals surface area contributed by atoms with E-state index in [0.717, 1.165) is 64.2 Å². The Balaban J connectivity index is 1.95. The van der Waals surface area contributed by atoms with Crippen molar-refractivity contribution in [1.29, 1.82) is 0 Å². The molecule has 342 valence electrons. The molecule has 1 amide bonds. The summed E-state index contributed by atoms with van der Waals surface area (Å²) in [6.07, 6.45) is 18.8. The first-order valence-electron chi connectivity index (χ1n) is 22.4. The summed E-state index contributed by atoms with van der Waals surface area (Å²) in [5.41, 5.74) is 0. The number of ether oxygens (including phenoxy) is 4. The number of unbranched alkanes of at least 4 members (excludes halogenated alkanes) is 13. The summed E-state index contributed by atoms with van der Waals surface area (Å²) in [4.78, 5) is 13.1. The Morgan fingerprint density at radius 2 is 1.10 bits per heavy atom. The quantitative estimate of drug-likeness (QED) is 0.0343. The van der Waals surface area contributed by atoms with E-state index in [1.54, 1.807) is 6.08 Å². The van der Waals surface area contributed by atoms with Crippen LogP contribution in [0.25, 0.3) is 0 Å². The lowest BCUT2D eigenvalue weighted by molar-refractivity contribution is -0.359. The molecule has 0 aromatic rings. The van der Waals surface area contributed by atoms with E-state index in [4.69, 9.17) is 18.9 Å². The molecule has 0 spiro atoms. The van der Waals surface area contributed by atoms with Gasteiger partial charge in [0.1, 0.15) is 48.8 Å². The van der Waals surface area contributed by atoms with E-state index in [0.29, 0.717) is 12.8 Å². The average molecular weight is 842 g/mol. The molecule has 12 atom stereocenters. The van der Waals surface area contributed by atoms with Crippen LogP contribution in [0.5, 0.6) is 0 Å². The van der Waals surface area contributed by atoms with Gasteiger partial charge in [0.15, 0.2) is 12.6 Å². The summed E-state index contributed by atoms with van der Waals surface area (Å²) in [5.74, 6) is -0.269. The highest BCUT2D eigenvalue weighted by atomic mass is 16.7.